The van der Waals surface area contributed by atoms with E-state index in [-0.39, 0.29) is 21.8 Å². The maximum absolute atomic E-state index is 11.6. The van der Waals surface area contributed by atoms with Crippen LogP contribution in [-0.4, -0.2) is 14.5 Å². The number of sulfonamides is 1. The van der Waals surface area contributed by atoms with Gasteiger partial charge in [0.05, 0.1) is 5.02 Å². The van der Waals surface area contributed by atoms with Crippen molar-refractivity contribution in [2.45, 2.75) is 30.3 Å². The number of ether oxygens (including phenoxy) is 1. The van der Waals surface area contributed by atoms with Gasteiger partial charge in [-0.15, -0.1) is 0 Å². The van der Waals surface area contributed by atoms with Crippen molar-refractivity contribution >= 4 is 37.6 Å². The van der Waals surface area contributed by atoms with E-state index in [1.165, 1.54) is 6.07 Å². The van der Waals surface area contributed by atoms with E-state index in [0.29, 0.717) is 4.47 Å². The average Bonchev–Trinajstić information content (AvgIpc) is 2.32. The van der Waals surface area contributed by atoms with E-state index in [1.807, 2.05) is 12.2 Å². The summed E-state index contributed by atoms with van der Waals surface area (Å²) in [5.41, 5.74) is 0. The fourth-order valence-electron chi connectivity index (χ4n) is 1.89. The maximum Gasteiger partial charge on any atom is 0.241 e. The smallest absolute Gasteiger partial charge is 0.241 e. The van der Waals surface area contributed by atoms with E-state index >= 15 is 0 Å². The number of hydrogen-bond acceptors (Lipinski definition) is 3. The molecule has 2 rings (SSSR count). The van der Waals surface area contributed by atoms with E-state index in [9.17, 15) is 8.42 Å². The van der Waals surface area contributed by atoms with E-state index < -0.39 is 10.0 Å². The Morgan fingerprint density at radius 3 is 2.74 bits per heavy atom. The summed E-state index contributed by atoms with van der Waals surface area (Å²) in [5.74, 6) is 0.115. The van der Waals surface area contributed by atoms with E-state index in [2.05, 4.69) is 15.9 Å². The maximum atomic E-state index is 11.6. The van der Waals surface area contributed by atoms with Crippen molar-refractivity contribution in [3.63, 3.8) is 0 Å². The molecule has 7 heteroatoms. The number of hydrogen-bond donors (Lipinski definition) is 1. The summed E-state index contributed by atoms with van der Waals surface area (Å²) >= 11 is 9.25. The molecule has 1 aromatic carbocycles. The second-order valence-corrected chi connectivity index (χ2v) is 7.13. The Bertz CT molecular complexity index is 616. The van der Waals surface area contributed by atoms with Crippen LogP contribution in [-0.2, 0) is 10.0 Å². The molecule has 1 unspecified atom stereocenters. The molecular formula is C12H13BrClNO3S. The van der Waals surface area contributed by atoms with Gasteiger partial charge in [0.25, 0.3) is 0 Å². The number of primary sulfonamides is 1. The number of halogens is 2. The highest BCUT2D eigenvalue weighted by Crippen LogP contribution is 2.36. The molecule has 0 saturated heterocycles. The summed E-state index contributed by atoms with van der Waals surface area (Å²) in [6.07, 6.45) is 6.59. The van der Waals surface area contributed by atoms with Gasteiger partial charge >= 0.3 is 0 Å². The minimum Gasteiger partial charge on any atom is -0.483 e. The molecule has 1 aliphatic carbocycles. The molecule has 0 bridgehead atoms. The van der Waals surface area contributed by atoms with E-state index in [4.69, 9.17) is 21.5 Å². The fraction of sp³-hybridized carbons (Fsp3) is 0.333. The third-order valence-electron chi connectivity index (χ3n) is 2.76. The van der Waals surface area contributed by atoms with Crippen molar-refractivity contribution in [3.8, 4) is 5.75 Å². The zero-order valence-electron chi connectivity index (χ0n) is 9.97. The molecule has 4 nitrogen and oxygen atoms in total. The molecule has 0 fully saturated rings. The highest BCUT2D eigenvalue weighted by atomic mass is 79.9. The molecule has 1 atom stereocenters. The van der Waals surface area contributed by atoms with Crippen LogP contribution in [0.4, 0.5) is 0 Å². The lowest BCUT2D eigenvalue weighted by Gasteiger charge is -2.21. The molecule has 0 aromatic heterocycles. The van der Waals surface area contributed by atoms with Gasteiger partial charge in [0.1, 0.15) is 11.0 Å². The van der Waals surface area contributed by atoms with Crippen LogP contribution in [0.5, 0.6) is 5.75 Å². The lowest BCUT2D eigenvalue weighted by molar-refractivity contribution is 0.224. The molecule has 104 valence electrons. The Kier molecular flexibility index (Phi) is 4.55. The van der Waals surface area contributed by atoms with Crippen molar-refractivity contribution in [1.82, 2.24) is 0 Å². The Labute approximate surface area is 125 Å². The molecule has 1 aromatic rings. The lowest BCUT2D eigenvalue weighted by atomic mass is 10.1. The van der Waals surface area contributed by atoms with Crippen LogP contribution in [0.3, 0.4) is 0 Å². The minimum absolute atomic E-state index is 0.106. The Hall–Kier alpha value is -0.560. The molecule has 0 heterocycles. The molecule has 0 aliphatic heterocycles. The van der Waals surface area contributed by atoms with Crippen LogP contribution in [0, 0.1) is 0 Å². The largest absolute Gasteiger partial charge is 0.483 e. The summed E-state index contributed by atoms with van der Waals surface area (Å²) in [6.45, 7) is 0. The minimum atomic E-state index is -3.89. The summed E-state index contributed by atoms with van der Waals surface area (Å²) in [6, 6.07) is 2.97. The number of nitrogens with two attached hydrogens (primary N) is 1. The lowest BCUT2D eigenvalue weighted by Crippen LogP contribution is -2.20. The van der Waals surface area contributed by atoms with Crippen molar-refractivity contribution in [2.24, 2.45) is 5.14 Å². The van der Waals surface area contributed by atoms with Gasteiger partial charge in [-0.1, -0.05) is 33.6 Å². The van der Waals surface area contributed by atoms with Crippen LogP contribution in [0.15, 0.2) is 33.7 Å². The quantitative estimate of drug-likeness (QED) is 0.835. The third-order valence-corrected chi connectivity index (χ3v) is 4.42. The van der Waals surface area contributed by atoms with Gasteiger partial charge in [0.15, 0.2) is 5.75 Å². The van der Waals surface area contributed by atoms with Crippen LogP contribution in [0.2, 0.25) is 5.02 Å². The van der Waals surface area contributed by atoms with Gasteiger partial charge in [-0.2, -0.15) is 0 Å². The number of allylic oxidation sites excluding steroid dienone is 1. The molecule has 2 N–H and O–H groups in total. The van der Waals surface area contributed by atoms with Crippen LogP contribution in [0.1, 0.15) is 19.3 Å². The average molecular weight is 367 g/mol. The third kappa shape index (κ3) is 3.72. The van der Waals surface area contributed by atoms with Gasteiger partial charge in [0.2, 0.25) is 10.0 Å². The first kappa shape index (κ1) is 14.8. The first-order chi connectivity index (χ1) is 8.88. The van der Waals surface area contributed by atoms with Crippen LogP contribution < -0.4 is 9.88 Å². The summed E-state index contributed by atoms with van der Waals surface area (Å²) in [5, 5.41) is 5.41. The van der Waals surface area contributed by atoms with Gasteiger partial charge < -0.3 is 4.74 Å². The standard InChI is InChI=1S/C12H13BrClNO3S/c13-8-6-10(14)12(11(7-8)19(15,16)17)18-9-4-2-1-3-5-9/h2,4,6-7,9H,1,3,5H2,(H2,15,16,17). The monoisotopic (exact) mass is 365 g/mol. The second kappa shape index (κ2) is 5.83. The van der Waals surface area contributed by atoms with Crippen molar-refractivity contribution in [1.29, 1.82) is 0 Å². The predicted molar refractivity (Wildman–Crippen MR) is 77.9 cm³/mol. The Morgan fingerprint density at radius 1 is 1.42 bits per heavy atom. The Morgan fingerprint density at radius 2 is 2.16 bits per heavy atom. The number of benzene rings is 1. The van der Waals surface area contributed by atoms with E-state index in [1.54, 1.807) is 6.07 Å². The van der Waals surface area contributed by atoms with Crippen LogP contribution >= 0.6 is 27.5 Å². The van der Waals surface area contributed by atoms with Crippen molar-refractivity contribution in [3.05, 3.63) is 33.8 Å². The molecule has 0 saturated carbocycles. The zero-order chi connectivity index (χ0) is 14.0. The predicted octanol–water partition coefficient (Wildman–Crippen LogP) is 3.24. The van der Waals surface area contributed by atoms with Gasteiger partial charge in [-0.25, -0.2) is 13.6 Å². The van der Waals surface area contributed by atoms with Gasteiger partial charge in [-0.3, -0.25) is 0 Å². The van der Waals surface area contributed by atoms with Crippen molar-refractivity contribution in [2.75, 3.05) is 0 Å². The first-order valence-corrected chi connectivity index (χ1v) is 8.45. The highest BCUT2D eigenvalue weighted by Gasteiger charge is 2.22. The fourth-order valence-corrected chi connectivity index (χ4v) is 3.66. The van der Waals surface area contributed by atoms with Crippen molar-refractivity contribution < 1.29 is 13.2 Å². The highest BCUT2D eigenvalue weighted by molar-refractivity contribution is 9.10. The molecular weight excluding hydrogens is 354 g/mol. The molecule has 0 spiro atoms. The second-order valence-electron chi connectivity index (χ2n) is 4.28. The van der Waals surface area contributed by atoms with Gasteiger partial charge in [0, 0.05) is 4.47 Å². The zero-order valence-corrected chi connectivity index (χ0v) is 13.1. The normalized spacial score (nSPS) is 19.4. The van der Waals surface area contributed by atoms with Gasteiger partial charge in [-0.05, 0) is 37.5 Å². The molecule has 19 heavy (non-hydrogen) atoms. The topological polar surface area (TPSA) is 69.4 Å². The summed E-state index contributed by atoms with van der Waals surface area (Å²) in [4.78, 5) is -0.106. The van der Waals surface area contributed by atoms with Crippen LogP contribution in [0.25, 0.3) is 0 Å². The molecule has 0 radical (unpaired) electrons. The summed E-state index contributed by atoms with van der Waals surface area (Å²) < 4.78 is 29.4. The van der Waals surface area contributed by atoms with E-state index in [0.717, 1.165) is 19.3 Å². The number of rotatable bonds is 3. The SMILES string of the molecule is NS(=O)(=O)c1cc(Br)cc(Cl)c1OC1C=CCCC1. The molecule has 0 amide bonds. The Balaban J connectivity index is 2.43. The summed E-state index contributed by atoms with van der Waals surface area (Å²) in [7, 11) is -3.89. The molecule has 1 aliphatic rings. The first-order valence-electron chi connectivity index (χ1n) is 5.73.